The monoisotopic (exact) mass is 212 g/mol. The molecule has 0 aromatic heterocycles. The van der Waals surface area contributed by atoms with Crippen LogP contribution in [0.15, 0.2) is 11.8 Å². The van der Waals surface area contributed by atoms with Gasteiger partial charge in [0.15, 0.2) is 0 Å². The van der Waals surface area contributed by atoms with E-state index in [-0.39, 0.29) is 11.7 Å². The molecular formula is C9H12N2O4. The number of hydrogen-bond acceptors (Lipinski definition) is 4. The van der Waals surface area contributed by atoms with Crippen molar-refractivity contribution in [2.45, 2.75) is 18.4 Å². The highest BCUT2D eigenvalue weighted by molar-refractivity contribution is 5.92. The fraction of sp³-hybridized carbons (Fsp3) is 0.556. The lowest BCUT2D eigenvalue weighted by Gasteiger charge is -2.34. The third kappa shape index (κ3) is 1.80. The van der Waals surface area contributed by atoms with E-state index in [4.69, 9.17) is 5.11 Å². The molecule has 0 aromatic rings. The number of nitrogens with one attached hydrogen (secondary N) is 2. The van der Waals surface area contributed by atoms with Crippen LogP contribution in [0.25, 0.3) is 0 Å². The summed E-state index contributed by atoms with van der Waals surface area (Å²) in [6, 6.07) is 0. The topological polar surface area (TPSA) is 87.7 Å². The van der Waals surface area contributed by atoms with E-state index in [9.17, 15) is 9.59 Å². The van der Waals surface area contributed by atoms with Crippen molar-refractivity contribution >= 4 is 12.1 Å². The highest BCUT2D eigenvalue weighted by atomic mass is 16.7. The zero-order valence-corrected chi connectivity index (χ0v) is 8.08. The summed E-state index contributed by atoms with van der Waals surface area (Å²) >= 11 is 0. The van der Waals surface area contributed by atoms with Gasteiger partial charge in [0.1, 0.15) is 11.3 Å². The Kier molecular flexibility index (Phi) is 2.36. The Labute approximate surface area is 86.3 Å². The number of hydrogen-bond donors (Lipinski definition) is 3. The number of carbonyl (C=O) groups is 2. The van der Waals surface area contributed by atoms with Gasteiger partial charge >= 0.3 is 6.16 Å². The fourth-order valence-electron chi connectivity index (χ4n) is 2.04. The van der Waals surface area contributed by atoms with E-state index in [1.165, 1.54) is 6.08 Å². The van der Waals surface area contributed by atoms with E-state index < -0.39 is 11.7 Å². The van der Waals surface area contributed by atoms with Gasteiger partial charge in [-0.1, -0.05) is 0 Å². The second-order valence-corrected chi connectivity index (χ2v) is 3.70. The minimum absolute atomic E-state index is 0.224. The van der Waals surface area contributed by atoms with Gasteiger partial charge in [-0.3, -0.25) is 4.79 Å². The van der Waals surface area contributed by atoms with Crippen LogP contribution in [-0.4, -0.2) is 35.8 Å². The average Bonchev–Trinajstić information content (AvgIpc) is 2.43. The Hall–Kier alpha value is -1.56. The summed E-state index contributed by atoms with van der Waals surface area (Å²) in [5.41, 5.74) is -0.610. The van der Waals surface area contributed by atoms with Gasteiger partial charge in [-0.25, -0.2) is 4.79 Å². The second kappa shape index (κ2) is 3.54. The molecule has 2 aliphatic rings. The number of carbonyl (C=O) groups excluding carboxylic acids is 1. The van der Waals surface area contributed by atoms with Crippen molar-refractivity contribution in [3.8, 4) is 0 Å². The van der Waals surface area contributed by atoms with Crippen LogP contribution in [0.1, 0.15) is 12.8 Å². The summed E-state index contributed by atoms with van der Waals surface area (Å²) in [6.07, 6.45) is 1.14. The molecule has 1 saturated heterocycles. The van der Waals surface area contributed by atoms with Crippen LogP contribution >= 0.6 is 0 Å². The number of carboxylic acid groups (broad SMARTS) is 1. The number of piperidine rings is 1. The minimum atomic E-state index is -1.38. The molecule has 2 rings (SSSR count). The van der Waals surface area contributed by atoms with Gasteiger partial charge in [-0.2, -0.15) is 0 Å². The Bertz CT molecular complexity index is 331. The molecule has 6 heteroatoms. The first-order valence-electron chi connectivity index (χ1n) is 4.78. The molecule has 1 fully saturated rings. The summed E-state index contributed by atoms with van der Waals surface area (Å²) in [6.45, 7) is 1.47. The first-order chi connectivity index (χ1) is 7.12. The number of rotatable bonds is 1. The molecule has 0 bridgehead atoms. The van der Waals surface area contributed by atoms with Crippen molar-refractivity contribution in [3.05, 3.63) is 11.8 Å². The highest BCUT2D eigenvalue weighted by Gasteiger charge is 2.43. The molecule has 0 saturated carbocycles. The molecule has 15 heavy (non-hydrogen) atoms. The third-order valence-corrected chi connectivity index (χ3v) is 2.75. The lowest BCUT2D eigenvalue weighted by Crippen LogP contribution is -2.52. The average molecular weight is 212 g/mol. The van der Waals surface area contributed by atoms with Gasteiger partial charge in [0.25, 0.3) is 0 Å². The molecule has 1 amide bonds. The van der Waals surface area contributed by atoms with Crippen LogP contribution in [0.2, 0.25) is 0 Å². The van der Waals surface area contributed by atoms with Crippen LogP contribution in [0.4, 0.5) is 4.79 Å². The van der Waals surface area contributed by atoms with Crippen LogP contribution in [0.5, 0.6) is 0 Å². The van der Waals surface area contributed by atoms with Crippen molar-refractivity contribution in [1.29, 1.82) is 0 Å². The van der Waals surface area contributed by atoms with Crippen molar-refractivity contribution in [2.24, 2.45) is 0 Å². The van der Waals surface area contributed by atoms with Crippen molar-refractivity contribution in [3.63, 3.8) is 0 Å². The van der Waals surface area contributed by atoms with E-state index in [2.05, 4.69) is 15.4 Å². The van der Waals surface area contributed by atoms with E-state index in [1.807, 2.05) is 0 Å². The van der Waals surface area contributed by atoms with Crippen molar-refractivity contribution in [2.75, 3.05) is 13.1 Å². The maximum Gasteiger partial charge on any atom is 0.511 e. The predicted octanol–water partition coefficient (Wildman–Crippen LogP) is -0.183. The molecule has 82 valence electrons. The lowest BCUT2D eigenvalue weighted by atomic mass is 9.88. The standard InChI is InChI=1S/C9H12N2O4/c12-7-5-6(15-8(13)14)9(11-7)1-3-10-4-2-9/h5,10H,1-4H2,(H,11,12)(H,13,14). The molecular weight excluding hydrogens is 200 g/mol. The van der Waals surface area contributed by atoms with E-state index in [0.717, 1.165) is 13.1 Å². The number of amides is 1. The SMILES string of the molecule is O=C1C=C(OC(=O)O)C2(CCNCC2)N1. The van der Waals surface area contributed by atoms with Gasteiger partial charge in [-0.05, 0) is 25.9 Å². The van der Waals surface area contributed by atoms with Gasteiger partial charge in [-0.15, -0.1) is 0 Å². The molecule has 0 radical (unpaired) electrons. The molecule has 0 atom stereocenters. The van der Waals surface area contributed by atoms with Crippen molar-refractivity contribution < 1.29 is 19.4 Å². The molecule has 2 heterocycles. The zero-order chi connectivity index (χ0) is 10.9. The summed E-state index contributed by atoms with van der Waals surface area (Å²) in [7, 11) is 0. The summed E-state index contributed by atoms with van der Waals surface area (Å²) in [5, 5.41) is 14.5. The van der Waals surface area contributed by atoms with Gasteiger partial charge < -0.3 is 20.5 Å². The zero-order valence-electron chi connectivity index (χ0n) is 8.08. The lowest BCUT2D eigenvalue weighted by molar-refractivity contribution is -0.117. The van der Waals surface area contributed by atoms with Gasteiger partial charge in [0, 0.05) is 6.08 Å². The molecule has 0 aliphatic carbocycles. The Morgan fingerprint density at radius 3 is 2.73 bits per heavy atom. The molecule has 2 aliphatic heterocycles. The van der Waals surface area contributed by atoms with Crippen molar-refractivity contribution in [1.82, 2.24) is 10.6 Å². The Morgan fingerprint density at radius 2 is 2.13 bits per heavy atom. The molecule has 0 aromatic carbocycles. The van der Waals surface area contributed by atoms with Crippen LogP contribution < -0.4 is 10.6 Å². The second-order valence-electron chi connectivity index (χ2n) is 3.70. The van der Waals surface area contributed by atoms with Crippen LogP contribution in [-0.2, 0) is 9.53 Å². The summed E-state index contributed by atoms with van der Waals surface area (Å²) < 4.78 is 4.64. The predicted molar refractivity (Wildman–Crippen MR) is 50.2 cm³/mol. The van der Waals surface area contributed by atoms with E-state index in [1.54, 1.807) is 0 Å². The summed E-state index contributed by atoms with van der Waals surface area (Å²) in [4.78, 5) is 21.7. The van der Waals surface area contributed by atoms with Crippen LogP contribution in [0, 0.1) is 0 Å². The highest BCUT2D eigenvalue weighted by Crippen LogP contribution is 2.31. The normalized spacial score (nSPS) is 23.5. The molecule has 3 N–H and O–H groups in total. The minimum Gasteiger partial charge on any atom is -0.449 e. The maximum absolute atomic E-state index is 11.2. The molecule has 0 unspecified atom stereocenters. The molecule has 6 nitrogen and oxygen atoms in total. The first kappa shape index (κ1) is 9.97. The third-order valence-electron chi connectivity index (χ3n) is 2.75. The smallest absolute Gasteiger partial charge is 0.449 e. The quantitative estimate of drug-likeness (QED) is 0.525. The number of ether oxygens (including phenoxy) is 1. The van der Waals surface area contributed by atoms with E-state index >= 15 is 0 Å². The molecule has 1 spiro atoms. The van der Waals surface area contributed by atoms with E-state index in [0.29, 0.717) is 12.8 Å². The largest absolute Gasteiger partial charge is 0.511 e. The van der Waals surface area contributed by atoms with Gasteiger partial charge in [0.2, 0.25) is 5.91 Å². The first-order valence-corrected chi connectivity index (χ1v) is 4.78. The Balaban J connectivity index is 2.20. The fourth-order valence-corrected chi connectivity index (χ4v) is 2.04. The Morgan fingerprint density at radius 1 is 1.47 bits per heavy atom. The summed E-state index contributed by atoms with van der Waals surface area (Å²) in [5.74, 6) is -0.0605. The maximum atomic E-state index is 11.2. The van der Waals surface area contributed by atoms with Crippen LogP contribution in [0.3, 0.4) is 0 Å². The van der Waals surface area contributed by atoms with Gasteiger partial charge in [0.05, 0.1) is 0 Å².